The molecule has 0 aromatic carbocycles. The summed E-state index contributed by atoms with van der Waals surface area (Å²) in [6, 6.07) is 0. The van der Waals surface area contributed by atoms with E-state index in [2.05, 4.69) is 6.92 Å². The molecule has 0 aromatic heterocycles. The van der Waals surface area contributed by atoms with Gasteiger partial charge in [0.15, 0.2) is 6.10 Å². The van der Waals surface area contributed by atoms with E-state index in [9.17, 15) is 9.90 Å². The highest BCUT2D eigenvalue weighted by molar-refractivity contribution is 5.74. The molecule has 3 heteroatoms. The molecule has 0 saturated carbocycles. The molecule has 0 amide bonds. The van der Waals surface area contributed by atoms with Gasteiger partial charge in [-0.25, -0.2) is 4.79 Å². The number of hydrogen-bond donors (Lipinski definition) is 1. The second-order valence-corrected chi connectivity index (χ2v) is 4.90. The van der Waals surface area contributed by atoms with Gasteiger partial charge in [-0.15, -0.1) is 0 Å². The van der Waals surface area contributed by atoms with Crippen molar-refractivity contribution >= 4 is 5.97 Å². The van der Waals surface area contributed by atoms with Crippen LogP contribution >= 0.6 is 0 Å². The molecule has 0 bridgehead atoms. The van der Waals surface area contributed by atoms with Crippen molar-refractivity contribution in [3.05, 3.63) is 0 Å². The van der Waals surface area contributed by atoms with Crippen LogP contribution in [-0.2, 0) is 9.53 Å². The molecule has 0 aromatic rings. The first-order valence-corrected chi connectivity index (χ1v) is 5.77. The largest absolute Gasteiger partial charge is 0.458 e. The molecule has 0 aliphatic heterocycles. The number of hydrogen-bond acceptors (Lipinski definition) is 3. The van der Waals surface area contributed by atoms with Crippen LogP contribution in [0.1, 0.15) is 59.8 Å². The highest BCUT2D eigenvalue weighted by atomic mass is 16.6. The Morgan fingerprint density at radius 2 is 1.87 bits per heavy atom. The normalized spacial score (nSPS) is 13.7. The summed E-state index contributed by atoms with van der Waals surface area (Å²) >= 11 is 0. The standard InChI is InChI=1S/C12H24O3/c1-5-6-7-8-9-10(13)11(14)15-12(2,3)4/h10,13H,5-9H2,1-4H3/t10-/m0/s1. The van der Waals surface area contributed by atoms with Crippen molar-refractivity contribution in [3.8, 4) is 0 Å². The van der Waals surface area contributed by atoms with Crippen molar-refractivity contribution in [2.24, 2.45) is 0 Å². The number of carbonyl (C=O) groups is 1. The smallest absolute Gasteiger partial charge is 0.335 e. The molecule has 1 N–H and O–H groups in total. The van der Waals surface area contributed by atoms with Crippen LogP contribution in [0.25, 0.3) is 0 Å². The molecule has 0 saturated heterocycles. The number of aliphatic hydroxyl groups excluding tert-OH is 1. The Hall–Kier alpha value is -0.570. The zero-order valence-corrected chi connectivity index (χ0v) is 10.4. The molecule has 3 nitrogen and oxygen atoms in total. The first-order chi connectivity index (χ1) is 6.87. The van der Waals surface area contributed by atoms with E-state index >= 15 is 0 Å². The Bertz CT molecular complexity index is 182. The van der Waals surface area contributed by atoms with E-state index in [-0.39, 0.29) is 0 Å². The molecule has 90 valence electrons. The summed E-state index contributed by atoms with van der Waals surface area (Å²) in [5.74, 6) is -0.501. The summed E-state index contributed by atoms with van der Waals surface area (Å²) in [5.41, 5.74) is -0.512. The lowest BCUT2D eigenvalue weighted by molar-refractivity contribution is -0.165. The van der Waals surface area contributed by atoms with Gasteiger partial charge in [-0.05, 0) is 27.2 Å². The monoisotopic (exact) mass is 216 g/mol. The van der Waals surface area contributed by atoms with Crippen molar-refractivity contribution in [1.29, 1.82) is 0 Å². The summed E-state index contributed by atoms with van der Waals surface area (Å²) in [6.07, 6.45) is 3.81. The molecule has 0 aliphatic rings. The molecule has 0 radical (unpaired) electrons. The zero-order chi connectivity index (χ0) is 11.9. The van der Waals surface area contributed by atoms with Gasteiger partial charge in [0.1, 0.15) is 5.60 Å². The summed E-state index contributed by atoms with van der Waals surface area (Å²) in [5, 5.41) is 9.51. The highest BCUT2D eigenvalue weighted by Crippen LogP contribution is 2.12. The van der Waals surface area contributed by atoms with E-state index in [1.807, 2.05) is 0 Å². The van der Waals surface area contributed by atoms with Crippen molar-refractivity contribution < 1.29 is 14.6 Å². The molecule has 1 atom stereocenters. The van der Waals surface area contributed by atoms with E-state index in [1.165, 1.54) is 0 Å². The summed E-state index contributed by atoms with van der Waals surface area (Å²) in [6.45, 7) is 7.53. The van der Waals surface area contributed by atoms with Crippen LogP contribution in [0.5, 0.6) is 0 Å². The Balaban J connectivity index is 3.70. The van der Waals surface area contributed by atoms with Crippen LogP contribution in [-0.4, -0.2) is 22.8 Å². The summed E-state index contributed by atoms with van der Waals surface area (Å²) < 4.78 is 5.07. The maximum Gasteiger partial charge on any atom is 0.335 e. The van der Waals surface area contributed by atoms with Gasteiger partial charge in [0.25, 0.3) is 0 Å². The minimum atomic E-state index is -0.957. The van der Waals surface area contributed by atoms with E-state index < -0.39 is 17.7 Å². The van der Waals surface area contributed by atoms with E-state index in [0.29, 0.717) is 6.42 Å². The fraction of sp³-hybridized carbons (Fsp3) is 0.917. The first-order valence-electron chi connectivity index (χ1n) is 5.77. The van der Waals surface area contributed by atoms with Gasteiger partial charge < -0.3 is 9.84 Å². The molecular formula is C12H24O3. The minimum Gasteiger partial charge on any atom is -0.458 e. The fourth-order valence-corrected chi connectivity index (χ4v) is 1.25. The molecule has 15 heavy (non-hydrogen) atoms. The molecule has 0 spiro atoms. The second-order valence-electron chi connectivity index (χ2n) is 4.90. The topological polar surface area (TPSA) is 46.5 Å². The van der Waals surface area contributed by atoms with Gasteiger partial charge >= 0.3 is 5.97 Å². The zero-order valence-electron chi connectivity index (χ0n) is 10.4. The first kappa shape index (κ1) is 14.4. The molecule has 0 fully saturated rings. The Kier molecular flexibility index (Phi) is 6.57. The SMILES string of the molecule is CCCCCC[C@H](O)C(=O)OC(C)(C)C. The number of ether oxygens (including phenoxy) is 1. The predicted molar refractivity (Wildman–Crippen MR) is 60.6 cm³/mol. The third-order valence-electron chi connectivity index (χ3n) is 2.01. The predicted octanol–water partition coefficient (Wildman–Crippen LogP) is 2.66. The van der Waals surface area contributed by atoms with Crippen LogP contribution in [0, 0.1) is 0 Å². The maximum absolute atomic E-state index is 11.4. The Labute approximate surface area is 92.8 Å². The number of esters is 1. The van der Waals surface area contributed by atoms with Crippen LogP contribution < -0.4 is 0 Å². The Morgan fingerprint density at radius 1 is 1.27 bits per heavy atom. The van der Waals surface area contributed by atoms with Crippen molar-refractivity contribution in [1.82, 2.24) is 0 Å². The van der Waals surface area contributed by atoms with Crippen LogP contribution in [0.15, 0.2) is 0 Å². The fourth-order valence-electron chi connectivity index (χ4n) is 1.25. The summed E-state index contributed by atoms with van der Waals surface area (Å²) in [7, 11) is 0. The molecular weight excluding hydrogens is 192 g/mol. The van der Waals surface area contributed by atoms with Gasteiger partial charge in [0.05, 0.1) is 0 Å². The van der Waals surface area contributed by atoms with E-state index in [1.54, 1.807) is 20.8 Å². The third-order valence-corrected chi connectivity index (χ3v) is 2.01. The van der Waals surface area contributed by atoms with Crippen LogP contribution in [0.3, 0.4) is 0 Å². The van der Waals surface area contributed by atoms with Crippen molar-refractivity contribution in [2.45, 2.75) is 71.5 Å². The molecule has 0 aliphatic carbocycles. The van der Waals surface area contributed by atoms with Gasteiger partial charge in [-0.3, -0.25) is 0 Å². The number of carbonyl (C=O) groups excluding carboxylic acids is 1. The minimum absolute atomic E-state index is 0.501. The van der Waals surface area contributed by atoms with Crippen LogP contribution in [0.4, 0.5) is 0 Å². The average Bonchev–Trinajstić information content (AvgIpc) is 2.09. The van der Waals surface area contributed by atoms with Crippen LogP contribution in [0.2, 0.25) is 0 Å². The molecule has 0 unspecified atom stereocenters. The van der Waals surface area contributed by atoms with E-state index in [4.69, 9.17) is 4.74 Å². The molecule has 0 rings (SSSR count). The Morgan fingerprint density at radius 3 is 2.33 bits per heavy atom. The third kappa shape index (κ3) is 8.43. The lowest BCUT2D eigenvalue weighted by atomic mass is 10.1. The number of aliphatic hydroxyl groups is 1. The number of rotatable bonds is 6. The van der Waals surface area contributed by atoms with Crippen molar-refractivity contribution in [3.63, 3.8) is 0 Å². The summed E-state index contributed by atoms with van der Waals surface area (Å²) in [4.78, 5) is 11.4. The van der Waals surface area contributed by atoms with Crippen molar-refractivity contribution in [2.75, 3.05) is 0 Å². The molecule has 0 heterocycles. The average molecular weight is 216 g/mol. The highest BCUT2D eigenvalue weighted by Gasteiger charge is 2.22. The van der Waals surface area contributed by atoms with Gasteiger partial charge in [0, 0.05) is 0 Å². The van der Waals surface area contributed by atoms with E-state index in [0.717, 1.165) is 25.7 Å². The second kappa shape index (κ2) is 6.83. The lowest BCUT2D eigenvalue weighted by Crippen LogP contribution is -2.31. The maximum atomic E-state index is 11.4. The van der Waals surface area contributed by atoms with Gasteiger partial charge in [-0.2, -0.15) is 0 Å². The quantitative estimate of drug-likeness (QED) is 0.548. The number of unbranched alkanes of at least 4 members (excludes halogenated alkanes) is 3. The van der Waals surface area contributed by atoms with Gasteiger partial charge in [-0.1, -0.05) is 32.6 Å². The lowest BCUT2D eigenvalue weighted by Gasteiger charge is -2.21. The van der Waals surface area contributed by atoms with Gasteiger partial charge in [0.2, 0.25) is 0 Å².